The molecule has 5 rings (SSSR count). The van der Waals surface area contributed by atoms with Crippen molar-refractivity contribution in [1.82, 2.24) is 15.5 Å². The second-order valence-electron chi connectivity index (χ2n) is 8.10. The first-order valence-corrected chi connectivity index (χ1v) is 8.84. The van der Waals surface area contributed by atoms with E-state index in [1.54, 1.807) is 0 Å². The molecule has 5 nitrogen and oxygen atoms in total. The maximum atomic E-state index is 5.70. The van der Waals surface area contributed by atoms with Gasteiger partial charge in [0, 0.05) is 13.6 Å². The summed E-state index contributed by atoms with van der Waals surface area (Å²) in [6.45, 7) is 1.67. The molecule has 0 aromatic carbocycles. The zero-order valence-electron chi connectivity index (χ0n) is 14.3. The van der Waals surface area contributed by atoms with Crippen LogP contribution in [0.1, 0.15) is 50.8 Å². The van der Waals surface area contributed by atoms with Crippen molar-refractivity contribution in [2.75, 3.05) is 25.5 Å². The highest BCUT2D eigenvalue weighted by Crippen LogP contribution is 2.61. The average Bonchev–Trinajstić information content (AvgIpc) is 2.93. The van der Waals surface area contributed by atoms with Gasteiger partial charge in [-0.1, -0.05) is 5.10 Å². The first-order chi connectivity index (χ1) is 10.7. The van der Waals surface area contributed by atoms with Crippen LogP contribution in [0, 0.1) is 23.2 Å². The van der Waals surface area contributed by atoms with Gasteiger partial charge in [-0.2, -0.15) is 0 Å². The molecule has 0 spiro atoms. The van der Waals surface area contributed by atoms with E-state index in [4.69, 9.17) is 4.42 Å². The Hall–Kier alpha value is -0.810. The SMILES string of the molecule is CNCc1nnc(N(C)CCC23CC4CC(CC(C4)C2)C3)o1.Cl. The van der Waals surface area contributed by atoms with Crippen LogP contribution in [0.3, 0.4) is 0 Å². The first kappa shape index (κ1) is 17.0. The molecule has 23 heavy (non-hydrogen) atoms. The Kier molecular flexibility index (Phi) is 4.88. The molecule has 6 heteroatoms. The lowest BCUT2D eigenvalue weighted by atomic mass is 9.49. The van der Waals surface area contributed by atoms with Crippen LogP contribution in [0.4, 0.5) is 6.01 Å². The normalized spacial score (nSPS) is 34.4. The lowest BCUT2D eigenvalue weighted by Gasteiger charge is -2.57. The average molecular weight is 341 g/mol. The van der Waals surface area contributed by atoms with Crippen LogP contribution in [-0.4, -0.2) is 30.8 Å². The summed E-state index contributed by atoms with van der Waals surface area (Å²) < 4.78 is 5.70. The summed E-state index contributed by atoms with van der Waals surface area (Å²) in [7, 11) is 3.97. The number of hydrogen-bond donors (Lipinski definition) is 1. The van der Waals surface area contributed by atoms with Crippen molar-refractivity contribution in [1.29, 1.82) is 0 Å². The van der Waals surface area contributed by atoms with Crippen molar-refractivity contribution >= 4 is 18.4 Å². The van der Waals surface area contributed by atoms with Crippen molar-refractivity contribution in [3.63, 3.8) is 0 Å². The van der Waals surface area contributed by atoms with E-state index in [1.807, 2.05) is 7.05 Å². The summed E-state index contributed by atoms with van der Waals surface area (Å²) in [6.07, 6.45) is 10.3. The summed E-state index contributed by atoms with van der Waals surface area (Å²) in [5.74, 6) is 3.76. The van der Waals surface area contributed by atoms with E-state index in [1.165, 1.54) is 44.9 Å². The molecule has 130 valence electrons. The molecule has 1 aromatic heterocycles. The van der Waals surface area contributed by atoms with Gasteiger partial charge in [0.15, 0.2) is 0 Å². The third kappa shape index (κ3) is 3.36. The molecule has 0 atom stereocenters. The van der Waals surface area contributed by atoms with E-state index in [-0.39, 0.29) is 12.4 Å². The topological polar surface area (TPSA) is 54.2 Å². The van der Waals surface area contributed by atoms with Crippen LogP contribution in [0.2, 0.25) is 0 Å². The summed E-state index contributed by atoms with van der Waals surface area (Å²) in [5.41, 5.74) is 0.622. The third-order valence-corrected chi connectivity index (χ3v) is 6.25. The van der Waals surface area contributed by atoms with Crippen molar-refractivity contribution in [3.05, 3.63) is 5.89 Å². The molecular weight excluding hydrogens is 312 g/mol. The Morgan fingerprint density at radius 3 is 2.30 bits per heavy atom. The number of hydrogen-bond acceptors (Lipinski definition) is 5. The fraction of sp³-hybridized carbons (Fsp3) is 0.882. The quantitative estimate of drug-likeness (QED) is 0.861. The van der Waals surface area contributed by atoms with E-state index in [2.05, 4.69) is 27.5 Å². The minimum absolute atomic E-state index is 0. The highest BCUT2D eigenvalue weighted by Gasteiger charge is 2.50. The van der Waals surface area contributed by atoms with Gasteiger partial charge in [0.2, 0.25) is 5.89 Å². The van der Waals surface area contributed by atoms with Crippen LogP contribution in [0.5, 0.6) is 0 Å². The Balaban J connectivity index is 0.00000156. The Labute approximate surface area is 145 Å². The molecule has 4 aliphatic carbocycles. The number of anilines is 1. The predicted molar refractivity (Wildman–Crippen MR) is 92.8 cm³/mol. The van der Waals surface area contributed by atoms with Crippen LogP contribution in [0.25, 0.3) is 0 Å². The zero-order valence-corrected chi connectivity index (χ0v) is 15.1. The fourth-order valence-electron chi connectivity index (χ4n) is 5.72. The summed E-state index contributed by atoms with van der Waals surface area (Å²) in [4.78, 5) is 2.14. The molecule has 4 saturated carbocycles. The Morgan fingerprint density at radius 1 is 1.13 bits per heavy atom. The van der Waals surface area contributed by atoms with Crippen LogP contribution in [-0.2, 0) is 6.54 Å². The molecule has 0 unspecified atom stereocenters. The van der Waals surface area contributed by atoms with Gasteiger partial charge in [0.05, 0.1) is 6.54 Å². The van der Waals surface area contributed by atoms with E-state index < -0.39 is 0 Å². The lowest BCUT2D eigenvalue weighted by molar-refractivity contribution is -0.0559. The molecule has 1 N–H and O–H groups in total. The molecule has 0 saturated heterocycles. The zero-order chi connectivity index (χ0) is 15.2. The molecular formula is C17H29ClN4O. The molecule has 4 fully saturated rings. The molecule has 4 aliphatic rings. The van der Waals surface area contributed by atoms with E-state index >= 15 is 0 Å². The van der Waals surface area contributed by atoms with Gasteiger partial charge >= 0.3 is 6.01 Å². The van der Waals surface area contributed by atoms with Gasteiger partial charge in [0.1, 0.15) is 0 Å². The van der Waals surface area contributed by atoms with Gasteiger partial charge in [-0.15, -0.1) is 17.5 Å². The Morgan fingerprint density at radius 2 is 1.74 bits per heavy atom. The summed E-state index contributed by atoms with van der Waals surface area (Å²) in [6, 6.07) is 0.662. The van der Waals surface area contributed by atoms with Crippen LogP contribution >= 0.6 is 12.4 Å². The number of halogens is 1. The van der Waals surface area contributed by atoms with E-state index in [0.717, 1.165) is 24.3 Å². The highest BCUT2D eigenvalue weighted by atomic mass is 35.5. The van der Waals surface area contributed by atoms with Crippen LogP contribution in [0.15, 0.2) is 4.42 Å². The fourth-order valence-corrected chi connectivity index (χ4v) is 5.72. The summed E-state index contributed by atoms with van der Waals surface area (Å²) in [5, 5.41) is 11.3. The minimum atomic E-state index is 0. The maximum Gasteiger partial charge on any atom is 0.317 e. The molecule has 4 bridgehead atoms. The number of rotatable bonds is 6. The molecule has 0 radical (unpaired) electrons. The third-order valence-electron chi connectivity index (χ3n) is 6.25. The van der Waals surface area contributed by atoms with E-state index in [0.29, 0.717) is 23.9 Å². The second kappa shape index (κ2) is 6.60. The first-order valence-electron chi connectivity index (χ1n) is 8.84. The van der Waals surface area contributed by atoms with Gasteiger partial charge in [-0.05, 0) is 75.2 Å². The standard InChI is InChI=1S/C17H28N4O.ClH/c1-18-11-15-19-20-16(22-15)21(2)4-3-17-8-12-5-13(9-17)7-14(6-12)10-17;/h12-14,18H,3-11H2,1-2H3;1H. The summed E-state index contributed by atoms with van der Waals surface area (Å²) >= 11 is 0. The van der Waals surface area contributed by atoms with Gasteiger partial charge in [-0.25, -0.2) is 0 Å². The second-order valence-corrected chi connectivity index (χ2v) is 8.10. The predicted octanol–water partition coefficient (Wildman–Crippen LogP) is 3.25. The van der Waals surface area contributed by atoms with Crippen LogP contribution < -0.4 is 10.2 Å². The molecule has 1 aromatic rings. The molecule has 0 aliphatic heterocycles. The smallest absolute Gasteiger partial charge is 0.317 e. The molecule has 0 amide bonds. The minimum Gasteiger partial charge on any atom is -0.407 e. The number of aromatic nitrogens is 2. The van der Waals surface area contributed by atoms with Crippen molar-refractivity contribution in [3.8, 4) is 0 Å². The van der Waals surface area contributed by atoms with Crippen molar-refractivity contribution in [2.45, 2.75) is 51.5 Å². The molecule has 1 heterocycles. The monoisotopic (exact) mass is 340 g/mol. The maximum absolute atomic E-state index is 5.70. The number of nitrogens with zero attached hydrogens (tertiary/aromatic N) is 3. The lowest BCUT2D eigenvalue weighted by Crippen LogP contribution is -2.47. The Bertz CT molecular complexity index is 497. The van der Waals surface area contributed by atoms with Gasteiger partial charge in [-0.3, -0.25) is 0 Å². The highest BCUT2D eigenvalue weighted by molar-refractivity contribution is 5.85. The van der Waals surface area contributed by atoms with Gasteiger partial charge < -0.3 is 14.6 Å². The van der Waals surface area contributed by atoms with Gasteiger partial charge in [0.25, 0.3) is 0 Å². The largest absolute Gasteiger partial charge is 0.407 e. The van der Waals surface area contributed by atoms with E-state index in [9.17, 15) is 0 Å². The van der Waals surface area contributed by atoms with Crippen molar-refractivity contribution in [2.24, 2.45) is 23.2 Å². The number of nitrogens with one attached hydrogen (secondary N) is 1. The van der Waals surface area contributed by atoms with Crippen molar-refractivity contribution < 1.29 is 4.42 Å².